The molecule has 0 bridgehead atoms. The lowest BCUT2D eigenvalue weighted by molar-refractivity contribution is 0.582. The van der Waals surface area contributed by atoms with Crippen LogP contribution >= 0.6 is 0 Å². The number of hydrogen-bond acceptors (Lipinski definition) is 3. The molecular formula is C15H15N3O3S. The lowest BCUT2D eigenvalue weighted by Crippen LogP contribution is -2.26. The zero-order valence-electron chi connectivity index (χ0n) is 11.7. The highest BCUT2D eigenvalue weighted by Gasteiger charge is 2.14. The third kappa shape index (κ3) is 3.10. The molecule has 0 unspecified atom stereocenters. The fourth-order valence-electron chi connectivity index (χ4n) is 2.24. The predicted octanol–water partition coefficient (Wildman–Crippen LogP) is 1.38. The number of hydrogen-bond donors (Lipinski definition) is 3. The molecule has 0 aliphatic carbocycles. The lowest BCUT2D eigenvalue weighted by atomic mass is 10.2. The largest absolute Gasteiger partial charge is 0.323 e. The molecule has 0 aliphatic heterocycles. The minimum atomic E-state index is -3.60. The molecule has 0 amide bonds. The second-order valence-corrected chi connectivity index (χ2v) is 6.69. The quantitative estimate of drug-likeness (QED) is 0.663. The summed E-state index contributed by atoms with van der Waals surface area (Å²) in [6, 6.07) is 14.1. The van der Waals surface area contributed by atoms with Crippen LogP contribution in [0.5, 0.6) is 0 Å². The molecule has 0 spiro atoms. The van der Waals surface area contributed by atoms with Gasteiger partial charge >= 0.3 is 5.69 Å². The van der Waals surface area contributed by atoms with Crippen LogP contribution in [-0.4, -0.2) is 24.9 Å². The number of imidazole rings is 1. The van der Waals surface area contributed by atoms with Crippen molar-refractivity contribution >= 4 is 21.1 Å². The van der Waals surface area contributed by atoms with Gasteiger partial charge in [0.05, 0.1) is 15.9 Å². The van der Waals surface area contributed by atoms with E-state index in [1.807, 2.05) is 30.3 Å². The molecule has 3 aromatic rings. The molecule has 1 heterocycles. The Balaban J connectivity index is 1.75. The van der Waals surface area contributed by atoms with Crippen LogP contribution in [0.2, 0.25) is 0 Å². The van der Waals surface area contributed by atoms with E-state index in [2.05, 4.69) is 14.7 Å². The first-order valence-corrected chi connectivity index (χ1v) is 8.28. The highest BCUT2D eigenvalue weighted by Crippen LogP contribution is 2.14. The summed E-state index contributed by atoms with van der Waals surface area (Å²) in [7, 11) is -3.60. The summed E-state index contributed by atoms with van der Waals surface area (Å²) in [5, 5.41) is 0. The van der Waals surface area contributed by atoms with Gasteiger partial charge in [0.2, 0.25) is 10.0 Å². The Morgan fingerprint density at radius 1 is 0.955 bits per heavy atom. The Morgan fingerprint density at radius 3 is 2.45 bits per heavy atom. The molecule has 2 aromatic carbocycles. The van der Waals surface area contributed by atoms with Gasteiger partial charge in [-0.1, -0.05) is 30.3 Å². The van der Waals surface area contributed by atoms with Gasteiger partial charge in [-0.05, 0) is 30.2 Å². The van der Waals surface area contributed by atoms with Crippen molar-refractivity contribution in [3.8, 4) is 0 Å². The molecule has 3 rings (SSSR count). The molecule has 7 heteroatoms. The van der Waals surface area contributed by atoms with Crippen LogP contribution in [0, 0.1) is 0 Å². The number of rotatable bonds is 5. The summed E-state index contributed by atoms with van der Waals surface area (Å²) in [4.78, 5) is 16.5. The standard InChI is InChI=1S/C15H15N3O3S/c19-15-17-13-7-6-12(10-14(13)18-15)22(20,21)16-9-8-11-4-2-1-3-5-11/h1-7,10,16H,8-9H2,(H2,17,18,19). The third-order valence-electron chi connectivity index (χ3n) is 3.35. The van der Waals surface area contributed by atoms with E-state index in [1.54, 1.807) is 6.07 Å². The van der Waals surface area contributed by atoms with Crippen LogP contribution in [0.3, 0.4) is 0 Å². The van der Waals surface area contributed by atoms with E-state index < -0.39 is 10.0 Å². The van der Waals surface area contributed by atoms with Gasteiger partial charge in [0.25, 0.3) is 0 Å². The minimum absolute atomic E-state index is 0.128. The number of fused-ring (bicyclic) bond motifs is 1. The van der Waals surface area contributed by atoms with E-state index in [-0.39, 0.29) is 10.6 Å². The van der Waals surface area contributed by atoms with Crippen molar-refractivity contribution in [2.75, 3.05) is 6.54 Å². The van der Waals surface area contributed by atoms with Gasteiger partial charge in [0.1, 0.15) is 0 Å². The molecule has 114 valence electrons. The first-order chi connectivity index (χ1) is 10.5. The lowest BCUT2D eigenvalue weighted by Gasteiger charge is -2.07. The Morgan fingerprint density at radius 2 is 1.68 bits per heavy atom. The van der Waals surface area contributed by atoms with Crippen molar-refractivity contribution in [1.82, 2.24) is 14.7 Å². The van der Waals surface area contributed by atoms with Crippen molar-refractivity contribution in [2.45, 2.75) is 11.3 Å². The molecule has 3 N–H and O–H groups in total. The summed E-state index contributed by atoms with van der Waals surface area (Å²) in [5.41, 5.74) is 1.75. The van der Waals surface area contributed by atoms with E-state index >= 15 is 0 Å². The van der Waals surface area contributed by atoms with Gasteiger partial charge in [-0.3, -0.25) is 0 Å². The molecule has 6 nitrogen and oxygen atoms in total. The average Bonchev–Trinajstić information content (AvgIpc) is 2.87. The fraction of sp³-hybridized carbons (Fsp3) is 0.133. The van der Waals surface area contributed by atoms with Crippen molar-refractivity contribution in [3.05, 3.63) is 64.6 Å². The smallest absolute Gasteiger partial charge is 0.306 e. The van der Waals surface area contributed by atoms with Gasteiger partial charge in [-0.15, -0.1) is 0 Å². The number of H-pyrrole nitrogens is 2. The van der Waals surface area contributed by atoms with Crippen molar-refractivity contribution < 1.29 is 8.42 Å². The summed E-state index contributed by atoms with van der Waals surface area (Å²) in [5.74, 6) is 0. The van der Waals surface area contributed by atoms with Gasteiger partial charge in [-0.25, -0.2) is 17.9 Å². The van der Waals surface area contributed by atoms with Gasteiger partial charge in [-0.2, -0.15) is 0 Å². The zero-order valence-corrected chi connectivity index (χ0v) is 12.5. The summed E-state index contributed by atoms with van der Waals surface area (Å²) >= 11 is 0. The topological polar surface area (TPSA) is 94.8 Å². The van der Waals surface area contributed by atoms with Crippen molar-refractivity contribution in [3.63, 3.8) is 0 Å². The predicted molar refractivity (Wildman–Crippen MR) is 84.3 cm³/mol. The van der Waals surface area contributed by atoms with Crippen molar-refractivity contribution in [1.29, 1.82) is 0 Å². The molecule has 1 aromatic heterocycles. The molecule has 0 radical (unpaired) electrons. The highest BCUT2D eigenvalue weighted by molar-refractivity contribution is 7.89. The van der Waals surface area contributed by atoms with E-state index in [1.165, 1.54) is 12.1 Å². The summed E-state index contributed by atoms with van der Waals surface area (Å²) in [6.07, 6.45) is 0.614. The zero-order chi connectivity index (χ0) is 15.6. The number of benzene rings is 2. The van der Waals surface area contributed by atoms with Crippen LogP contribution in [-0.2, 0) is 16.4 Å². The normalized spacial score (nSPS) is 11.8. The summed E-state index contributed by atoms with van der Waals surface area (Å²) in [6.45, 7) is 0.314. The van der Waals surface area contributed by atoms with Crippen LogP contribution in [0.25, 0.3) is 11.0 Å². The molecule has 0 aliphatic rings. The Hall–Kier alpha value is -2.38. The number of aromatic amines is 2. The molecule has 0 atom stereocenters. The maximum atomic E-state index is 12.3. The average molecular weight is 317 g/mol. The second-order valence-electron chi connectivity index (χ2n) is 4.92. The van der Waals surface area contributed by atoms with Crippen molar-refractivity contribution in [2.24, 2.45) is 0 Å². The van der Waals surface area contributed by atoms with Gasteiger partial charge < -0.3 is 9.97 Å². The van der Waals surface area contributed by atoms with Gasteiger partial charge in [0, 0.05) is 6.54 Å². The maximum Gasteiger partial charge on any atom is 0.323 e. The van der Waals surface area contributed by atoms with Crippen LogP contribution in [0.1, 0.15) is 5.56 Å². The fourth-order valence-corrected chi connectivity index (χ4v) is 3.29. The Bertz CT molecular complexity index is 943. The van der Waals surface area contributed by atoms with E-state index in [0.29, 0.717) is 24.0 Å². The maximum absolute atomic E-state index is 12.3. The first-order valence-electron chi connectivity index (χ1n) is 6.80. The highest BCUT2D eigenvalue weighted by atomic mass is 32.2. The van der Waals surface area contributed by atoms with E-state index in [9.17, 15) is 13.2 Å². The van der Waals surface area contributed by atoms with Crippen LogP contribution in [0.4, 0.5) is 0 Å². The number of aromatic nitrogens is 2. The molecule has 22 heavy (non-hydrogen) atoms. The number of nitrogens with one attached hydrogen (secondary N) is 3. The third-order valence-corrected chi connectivity index (χ3v) is 4.81. The SMILES string of the molecule is O=c1[nH]c2ccc(S(=O)(=O)NCCc3ccccc3)cc2[nH]1. The second kappa shape index (κ2) is 5.78. The van der Waals surface area contributed by atoms with Crippen LogP contribution in [0.15, 0.2) is 58.2 Å². The van der Waals surface area contributed by atoms with E-state index in [4.69, 9.17) is 0 Å². The Labute approximate surface area is 127 Å². The molecule has 0 saturated heterocycles. The summed E-state index contributed by atoms with van der Waals surface area (Å²) < 4.78 is 27.1. The van der Waals surface area contributed by atoms with E-state index in [0.717, 1.165) is 5.56 Å². The molecule has 0 fully saturated rings. The molecular weight excluding hydrogens is 302 g/mol. The van der Waals surface area contributed by atoms with Gasteiger partial charge in [0.15, 0.2) is 0 Å². The monoisotopic (exact) mass is 317 g/mol. The Kier molecular flexibility index (Phi) is 3.82. The van der Waals surface area contributed by atoms with Crippen LogP contribution < -0.4 is 10.4 Å². The molecule has 0 saturated carbocycles. The minimum Gasteiger partial charge on any atom is -0.306 e. The first kappa shape index (κ1) is 14.6. The number of sulfonamides is 1.